The Labute approximate surface area is 106 Å². The molecule has 0 aliphatic carbocycles. The van der Waals surface area contributed by atoms with E-state index in [1.807, 2.05) is 12.1 Å². The monoisotopic (exact) mass is 257 g/mol. The van der Waals surface area contributed by atoms with Gasteiger partial charge in [0, 0.05) is 6.21 Å². The number of methoxy groups -OCH3 is 2. The smallest absolute Gasteiger partial charge is 0.161 e. The quantitative estimate of drug-likeness (QED) is 0.624. The van der Waals surface area contributed by atoms with Crippen LogP contribution in [-0.2, 0) is 0 Å². The van der Waals surface area contributed by atoms with E-state index in [2.05, 4.69) is 4.99 Å². The van der Waals surface area contributed by atoms with Crippen molar-refractivity contribution in [2.75, 3.05) is 26.6 Å². The molecule has 0 bridgehead atoms. The van der Waals surface area contributed by atoms with Crippen LogP contribution in [0.4, 0.5) is 0 Å². The van der Waals surface area contributed by atoms with Gasteiger partial charge < -0.3 is 14.6 Å². The summed E-state index contributed by atoms with van der Waals surface area (Å²) in [7, 11) is 3.17. The highest BCUT2D eigenvalue weighted by molar-refractivity contribution is 6.18. The van der Waals surface area contributed by atoms with Gasteiger partial charge in [-0.2, -0.15) is 0 Å². The van der Waals surface area contributed by atoms with Crippen LogP contribution in [0.2, 0.25) is 0 Å². The minimum atomic E-state index is -0.604. The predicted octanol–water partition coefficient (Wildman–Crippen LogP) is 1.72. The van der Waals surface area contributed by atoms with Crippen molar-refractivity contribution in [3.8, 4) is 11.5 Å². The first kappa shape index (κ1) is 13.8. The molecular formula is C12H16ClNO3. The molecule has 0 aromatic heterocycles. The third-order valence-corrected chi connectivity index (χ3v) is 2.50. The number of aliphatic imine (C=N–C) groups is 1. The molecule has 1 atom stereocenters. The highest BCUT2D eigenvalue weighted by atomic mass is 35.5. The Kier molecular flexibility index (Phi) is 5.80. The summed E-state index contributed by atoms with van der Waals surface area (Å²) in [6, 6.07) is 5.48. The molecule has 1 rings (SSSR count). The molecule has 0 fully saturated rings. The first-order valence-corrected chi connectivity index (χ1v) is 5.70. The summed E-state index contributed by atoms with van der Waals surface area (Å²) in [6.45, 7) is 0.290. The molecule has 94 valence electrons. The molecule has 0 aliphatic heterocycles. The number of ether oxygens (including phenoxy) is 2. The van der Waals surface area contributed by atoms with Crippen molar-refractivity contribution < 1.29 is 14.6 Å². The number of benzene rings is 1. The van der Waals surface area contributed by atoms with Crippen LogP contribution in [0, 0.1) is 0 Å². The van der Waals surface area contributed by atoms with Gasteiger partial charge in [0.2, 0.25) is 0 Å². The predicted molar refractivity (Wildman–Crippen MR) is 68.7 cm³/mol. The highest BCUT2D eigenvalue weighted by Gasteiger charge is 2.03. The first-order valence-electron chi connectivity index (χ1n) is 5.17. The zero-order valence-corrected chi connectivity index (χ0v) is 10.6. The zero-order chi connectivity index (χ0) is 12.7. The molecule has 0 heterocycles. The highest BCUT2D eigenvalue weighted by Crippen LogP contribution is 2.26. The summed E-state index contributed by atoms with van der Waals surface area (Å²) in [4.78, 5) is 4.09. The normalized spacial score (nSPS) is 12.7. The number of aliphatic hydroxyl groups is 1. The number of hydrogen-bond donors (Lipinski definition) is 1. The van der Waals surface area contributed by atoms with Crippen molar-refractivity contribution in [3.63, 3.8) is 0 Å². The van der Waals surface area contributed by atoms with Gasteiger partial charge in [-0.3, -0.25) is 4.99 Å². The Balaban J connectivity index is 2.72. The van der Waals surface area contributed by atoms with Gasteiger partial charge in [-0.1, -0.05) is 0 Å². The Morgan fingerprint density at radius 3 is 2.65 bits per heavy atom. The fraction of sp³-hybridized carbons (Fsp3) is 0.417. The van der Waals surface area contributed by atoms with Crippen molar-refractivity contribution in [2.45, 2.75) is 6.10 Å². The molecular weight excluding hydrogens is 242 g/mol. The van der Waals surface area contributed by atoms with E-state index in [-0.39, 0.29) is 12.4 Å². The van der Waals surface area contributed by atoms with Gasteiger partial charge in [-0.15, -0.1) is 11.6 Å². The van der Waals surface area contributed by atoms with E-state index in [1.165, 1.54) is 0 Å². The number of nitrogens with zero attached hydrogens (tertiary/aromatic N) is 1. The SMILES string of the molecule is COc1ccc(/C=N/C[C@H](O)CCl)cc1OC. The lowest BCUT2D eigenvalue weighted by molar-refractivity contribution is 0.207. The largest absolute Gasteiger partial charge is 0.493 e. The Morgan fingerprint density at radius 2 is 2.06 bits per heavy atom. The number of alkyl halides is 1. The van der Waals surface area contributed by atoms with Crippen LogP contribution < -0.4 is 9.47 Å². The van der Waals surface area contributed by atoms with Crippen LogP contribution in [-0.4, -0.2) is 44.1 Å². The maximum absolute atomic E-state index is 9.23. The molecule has 1 aromatic carbocycles. The van der Waals surface area contributed by atoms with Crippen molar-refractivity contribution in [1.82, 2.24) is 0 Å². The summed E-state index contributed by atoms with van der Waals surface area (Å²) in [5.74, 6) is 1.50. The Hall–Kier alpha value is -1.26. The van der Waals surface area contributed by atoms with Crippen molar-refractivity contribution in [1.29, 1.82) is 0 Å². The second-order valence-electron chi connectivity index (χ2n) is 3.42. The molecule has 0 amide bonds. The van der Waals surface area contributed by atoms with Gasteiger partial charge in [0.25, 0.3) is 0 Å². The van der Waals surface area contributed by atoms with Crippen molar-refractivity contribution in [3.05, 3.63) is 23.8 Å². The molecule has 1 N–H and O–H groups in total. The van der Waals surface area contributed by atoms with Crippen LogP contribution in [0.3, 0.4) is 0 Å². The number of aliphatic hydroxyl groups excluding tert-OH is 1. The lowest BCUT2D eigenvalue weighted by Gasteiger charge is -2.07. The fourth-order valence-electron chi connectivity index (χ4n) is 1.26. The Bertz CT molecular complexity index is 382. The molecule has 0 saturated carbocycles. The number of halogens is 1. The van der Waals surface area contributed by atoms with Crippen LogP contribution in [0.25, 0.3) is 0 Å². The van der Waals surface area contributed by atoms with Crippen molar-refractivity contribution in [2.24, 2.45) is 4.99 Å². The number of rotatable bonds is 6. The average molecular weight is 258 g/mol. The molecule has 0 radical (unpaired) electrons. The van der Waals surface area contributed by atoms with Gasteiger partial charge in [-0.25, -0.2) is 0 Å². The molecule has 4 nitrogen and oxygen atoms in total. The summed E-state index contributed by atoms with van der Waals surface area (Å²) in [5.41, 5.74) is 0.879. The molecule has 0 aliphatic rings. The van der Waals surface area contributed by atoms with E-state index < -0.39 is 6.10 Å². The summed E-state index contributed by atoms with van der Waals surface area (Å²) in [5, 5.41) is 9.23. The summed E-state index contributed by atoms with van der Waals surface area (Å²) in [6.07, 6.45) is 1.06. The topological polar surface area (TPSA) is 51.0 Å². The standard InChI is InChI=1S/C12H16ClNO3/c1-16-11-4-3-9(5-12(11)17-2)7-14-8-10(15)6-13/h3-5,7,10,15H,6,8H2,1-2H3/b14-7+/t10-/m1/s1. The van der Waals surface area contributed by atoms with E-state index in [4.69, 9.17) is 21.1 Å². The van der Waals surface area contributed by atoms with Crippen LogP contribution in [0.15, 0.2) is 23.2 Å². The second-order valence-corrected chi connectivity index (χ2v) is 3.73. The zero-order valence-electron chi connectivity index (χ0n) is 9.89. The van der Waals surface area contributed by atoms with E-state index in [9.17, 15) is 5.11 Å². The van der Waals surface area contributed by atoms with Crippen LogP contribution in [0.5, 0.6) is 11.5 Å². The second kappa shape index (κ2) is 7.14. The molecule has 0 unspecified atom stereocenters. The van der Waals surface area contributed by atoms with E-state index in [0.29, 0.717) is 11.5 Å². The third-order valence-electron chi connectivity index (χ3n) is 2.14. The molecule has 5 heteroatoms. The summed E-state index contributed by atoms with van der Waals surface area (Å²) < 4.78 is 10.3. The third kappa shape index (κ3) is 4.24. The molecule has 0 spiro atoms. The van der Waals surface area contributed by atoms with Crippen LogP contribution >= 0.6 is 11.6 Å². The number of hydrogen-bond acceptors (Lipinski definition) is 4. The van der Waals surface area contributed by atoms with Crippen molar-refractivity contribution >= 4 is 17.8 Å². The molecule has 1 aromatic rings. The van der Waals surface area contributed by atoms with Gasteiger partial charge in [0.05, 0.1) is 32.7 Å². The maximum atomic E-state index is 9.23. The van der Waals surface area contributed by atoms with Gasteiger partial charge in [0.1, 0.15) is 0 Å². The molecule has 17 heavy (non-hydrogen) atoms. The fourth-order valence-corrected chi connectivity index (χ4v) is 1.36. The van der Waals surface area contributed by atoms with E-state index in [0.717, 1.165) is 5.56 Å². The average Bonchev–Trinajstić information content (AvgIpc) is 2.38. The van der Waals surface area contributed by atoms with E-state index in [1.54, 1.807) is 26.5 Å². The minimum absolute atomic E-state index is 0.184. The first-order chi connectivity index (χ1) is 8.21. The lowest BCUT2D eigenvalue weighted by atomic mass is 10.2. The van der Waals surface area contributed by atoms with Gasteiger partial charge in [-0.05, 0) is 23.8 Å². The Morgan fingerprint density at radius 1 is 1.35 bits per heavy atom. The molecule has 0 saturated heterocycles. The van der Waals surface area contributed by atoms with E-state index >= 15 is 0 Å². The summed E-state index contributed by atoms with van der Waals surface area (Å²) >= 11 is 5.46. The van der Waals surface area contributed by atoms with Crippen LogP contribution in [0.1, 0.15) is 5.56 Å². The lowest BCUT2D eigenvalue weighted by Crippen LogP contribution is -2.12. The minimum Gasteiger partial charge on any atom is -0.493 e. The van der Waals surface area contributed by atoms with Gasteiger partial charge in [0.15, 0.2) is 11.5 Å². The maximum Gasteiger partial charge on any atom is 0.161 e. The van der Waals surface area contributed by atoms with Gasteiger partial charge >= 0.3 is 0 Å².